The summed E-state index contributed by atoms with van der Waals surface area (Å²) in [5.74, 6) is 0.0641. The van der Waals surface area contributed by atoms with Gasteiger partial charge in [-0.25, -0.2) is 0 Å². The van der Waals surface area contributed by atoms with Crippen LogP contribution in [0.5, 0.6) is 5.75 Å². The third kappa shape index (κ3) is 6.94. The van der Waals surface area contributed by atoms with Gasteiger partial charge in [-0.1, -0.05) is 54.1 Å². The van der Waals surface area contributed by atoms with Crippen LogP contribution in [-0.2, 0) is 6.42 Å². The molecule has 4 rings (SSSR count). The predicted molar refractivity (Wildman–Crippen MR) is 144 cm³/mol. The Bertz CT molecular complexity index is 1350. The molecule has 7 heteroatoms. The second-order valence-corrected chi connectivity index (χ2v) is 9.02. The summed E-state index contributed by atoms with van der Waals surface area (Å²) in [5, 5.41) is 6.16. The minimum atomic E-state index is -0.303. The molecule has 0 aliphatic rings. The summed E-state index contributed by atoms with van der Waals surface area (Å²) in [5.41, 5.74) is 3.16. The van der Waals surface area contributed by atoms with Crippen LogP contribution < -0.4 is 15.4 Å². The quantitative estimate of drug-likeness (QED) is 0.244. The number of nitrogens with one attached hydrogen (secondary N) is 2. The van der Waals surface area contributed by atoms with Gasteiger partial charge in [0.2, 0.25) is 0 Å². The average Bonchev–Trinajstić information content (AvgIpc) is 2.86. The molecule has 0 unspecified atom stereocenters. The van der Waals surface area contributed by atoms with E-state index in [0.717, 1.165) is 6.42 Å². The van der Waals surface area contributed by atoms with E-state index in [9.17, 15) is 9.59 Å². The SMILES string of the molecule is O=C(Nc1cccc(Cl)c1)c1cccc(NC(=O)c2ccc(OCCc3ccccc3)c(Br)c2)c1. The molecule has 4 aromatic rings. The first-order chi connectivity index (χ1) is 17.0. The van der Waals surface area contributed by atoms with Crippen molar-refractivity contribution in [2.75, 3.05) is 17.2 Å². The van der Waals surface area contributed by atoms with Crippen molar-refractivity contribution in [3.05, 3.63) is 123 Å². The summed E-state index contributed by atoms with van der Waals surface area (Å²) in [4.78, 5) is 25.4. The summed E-state index contributed by atoms with van der Waals surface area (Å²) in [6.07, 6.45) is 0.788. The molecule has 0 fully saturated rings. The summed E-state index contributed by atoms with van der Waals surface area (Å²) in [6, 6.07) is 28.9. The van der Waals surface area contributed by atoms with Gasteiger partial charge in [0, 0.05) is 33.9 Å². The molecule has 0 atom stereocenters. The first-order valence-electron chi connectivity index (χ1n) is 10.9. The van der Waals surface area contributed by atoms with Crippen molar-refractivity contribution in [2.24, 2.45) is 0 Å². The maximum atomic E-state index is 12.8. The predicted octanol–water partition coefficient (Wildman–Crippen LogP) is 7.23. The number of ether oxygens (including phenoxy) is 1. The molecular weight excluding hydrogens is 528 g/mol. The van der Waals surface area contributed by atoms with E-state index >= 15 is 0 Å². The van der Waals surface area contributed by atoms with E-state index in [4.69, 9.17) is 16.3 Å². The van der Waals surface area contributed by atoms with Crippen molar-refractivity contribution in [2.45, 2.75) is 6.42 Å². The number of carbonyl (C=O) groups excluding carboxylic acids is 2. The van der Waals surface area contributed by atoms with Gasteiger partial charge in [-0.05, 0) is 76.1 Å². The Hall–Kier alpha value is -3.61. The van der Waals surface area contributed by atoms with Crippen LogP contribution in [0.4, 0.5) is 11.4 Å². The van der Waals surface area contributed by atoms with Gasteiger partial charge >= 0.3 is 0 Å². The molecule has 0 heterocycles. The van der Waals surface area contributed by atoms with E-state index in [-0.39, 0.29) is 11.8 Å². The zero-order valence-electron chi connectivity index (χ0n) is 18.6. The van der Waals surface area contributed by atoms with Crippen molar-refractivity contribution in [1.29, 1.82) is 0 Å². The topological polar surface area (TPSA) is 67.4 Å². The largest absolute Gasteiger partial charge is 0.492 e. The van der Waals surface area contributed by atoms with Gasteiger partial charge in [-0.3, -0.25) is 9.59 Å². The number of halogens is 2. The molecule has 5 nitrogen and oxygen atoms in total. The lowest BCUT2D eigenvalue weighted by atomic mass is 10.1. The Balaban J connectivity index is 1.36. The second-order valence-electron chi connectivity index (χ2n) is 7.73. The lowest BCUT2D eigenvalue weighted by Gasteiger charge is -2.11. The van der Waals surface area contributed by atoms with Crippen LogP contribution in [0.15, 0.2) is 102 Å². The third-order valence-electron chi connectivity index (χ3n) is 5.15. The van der Waals surface area contributed by atoms with Crippen molar-refractivity contribution < 1.29 is 14.3 Å². The fourth-order valence-electron chi connectivity index (χ4n) is 3.39. The zero-order chi connectivity index (χ0) is 24.6. The second kappa shape index (κ2) is 11.7. The van der Waals surface area contributed by atoms with Crippen molar-refractivity contribution in [1.82, 2.24) is 0 Å². The van der Waals surface area contributed by atoms with Gasteiger partial charge in [0.15, 0.2) is 0 Å². The van der Waals surface area contributed by atoms with Gasteiger partial charge in [-0.15, -0.1) is 0 Å². The standard InChI is InChI=1S/C28H22BrClN2O3/c29-25-17-21(12-13-26(25)35-15-14-19-6-2-1-3-7-19)28(34)31-23-10-4-8-20(16-23)27(33)32-24-11-5-9-22(30)18-24/h1-13,16-18H,14-15H2,(H,31,34)(H,32,33). The maximum Gasteiger partial charge on any atom is 0.255 e. The van der Waals surface area contributed by atoms with Crippen molar-refractivity contribution in [3.8, 4) is 5.75 Å². The highest BCUT2D eigenvalue weighted by Crippen LogP contribution is 2.27. The monoisotopic (exact) mass is 548 g/mol. The highest BCUT2D eigenvalue weighted by Gasteiger charge is 2.12. The zero-order valence-corrected chi connectivity index (χ0v) is 21.0. The van der Waals surface area contributed by atoms with Crippen molar-refractivity contribution >= 4 is 50.7 Å². The highest BCUT2D eigenvalue weighted by molar-refractivity contribution is 9.10. The van der Waals surface area contributed by atoms with Gasteiger partial charge in [0.25, 0.3) is 11.8 Å². The number of hydrogen-bond donors (Lipinski definition) is 2. The van der Waals surface area contributed by atoms with Crippen LogP contribution in [0.3, 0.4) is 0 Å². The van der Waals surface area contributed by atoms with Crippen LogP contribution in [0.1, 0.15) is 26.3 Å². The smallest absolute Gasteiger partial charge is 0.255 e. The maximum absolute atomic E-state index is 12.8. The summed E-state index contributed by atoms with van der Waals surface area (Å²) in [7, 11) is 0. The molecule has 35 heavy (non-hydrogen) atoms. The fourth-order valence-corrected chi connectivity index (χ4v) is 4.08. The number of benzene rings is 4. The number of rotatable bonds is 8. The summed E-state index contributed by atoms with van der Waals surface area (Å²) in [6.45, 7) is 0.526. The molecule has 0 saturated carbocycles. The summed E-state index contributed by atoms with van der Waals surface area (Å²) >= 11 is 9.46. The summed E-state index contributed by atoms with van der Waals surface area (Å²) < 4.78 is 6.55. The molecule has 0 bridgehead atoms. The Morgan fingerprint density at radius 3 is 2.09 bits per heavy atom. The van der Waals surface area contributed by atoms with Crippen molar-refractivity contribution in [3.63, 3.8) is 0 Å². The van der Waals surface area contributed by atoms with E-state index in [2.05, 4.69) is 38.7 Å². The highest BCUT2D eigenvalue weighted by atomic mass is 79.9. The first-order valence-corrected chi connectivity index (χ1v) is 12.1. The molecule has 0 aliphatic heterocycles. The van der Waals surface area contributed by atoms with Gasteiger partial charge in [-0.2, -0.15) is 0 Å². The molecule has 2 N–H and O–H groups in total. The van der Waals surface area contributed by atoms with Crippen LogP contribution in [-0.4, -0.2) is 18.4 Å². The van der Waals surface area contributed by atoms with E-state index in [1.807, 2.05) is 18.2 Å². The molecule has 0 aliphatic carbocycles. The molecule has 0 radical (unpaired) electrons. The Morgan fingerprint density at radius 2 is 1.40 bits per heavy atom. The van der Waals surface area contributed by atoms with Crippen LogP contribution in [0.25, 0.3) is 0 Å². The molecule has 4 aromatic carbocycles. The molecule has 176 valence electrons. The number of anilines is 2. The normalized spacial score (nSPS) is 10.5. The Morgan fingerprint density at radius 1 is 0.743 bits per heavy atom. The number of carbonyl (C=O) groups is 2. The van der Waals surface area contributed by atoms with Gasteiger partial charge in [0.1, 0.15) is 5.75 Å². The lowest BCUT2D eigenvalue weighted by molar-refractivity contribution is 0.101. The average molecular weight is 550 g/mol. The third-order valence-corrected chi connectivity index (χ3v) is 6.01. The number of hydrogen-bond acceptors (Lipinski definition) is 3. The van der Waals surface area contributed by atoms with E-state index in [1.165, 1.54) is 5.56 Å². The minimum Gasteiger partial charge on any atom is -0.492 e. The first kappa shape index (κ1) is 24.5. The number of amides is 2. The van der Waals surface area contributed by atoms with E-state index < -0.39 is 0 Å². The van der Waals surface area contributed by atoms with Crippen LogP contribution in [0, 0.1) is 0 Å². The molecule has 0 aromatic heterocycles. The van der Waals surface area contributed by atoms with E-state index in [1.54, 1.807) is 66.7 Å². The molecule has 0 spiro atoms. The Kier molecular flexibility index (Phi) is 8.19. The van der Waals surface area contributed by atoms with Gasteiger partial charge in [0.05, 0.1) is 11.1 Å². The Labute approximate surface area is 217 Å². The molecular formula is C28H22BrClN2O3. The molecule has 0 saturated heterocycles. The molecule has 2 amide bonds. The van der Waals surface area contributed by atoms with Crippen LogP contribution >= 0.6 is 27.5 Å². The van der Waals surface area contributed by atoms with Crippen LogP contribution in [0.2, 0.25) is 5.02 Å². The fraction of sp³-hybridized carbons (Fsp3) is 0.0714. The van der Waals surface area contributed by atoms with Gasteiger partial charge < -0.3 is 15.4 Å². The lowest BCUT2D eigenvalue weighted by Crippen LogP contribution is -2.14. The van der Waals surface area contributed by atoms with E-state index in [0.29, 0.717) is 44.4 Å². The minimum absolute atomic E-state index is 0.297.